The van der Waals surface area contributed by atoms with E-state index in [4.69, 9.17) is 0 Å². The van der Waals surface area contributed by atoms with Gasteiger partial charge in [0.05, 0.1) is 15.3 Å². The Labute approximate surface area is 134 Å². The van der Waals surface area contributed by atoms with Crippen molar-refractivity contribution < 1.29 is 26.4 Å². The van der Waals surface area contributed by atoms with Crippen LogP contribution in [0.1, 0.15) is 15.2 Å². The molecule has 0 atom stereocenters. The summed E-state index contributed by atoms with van der Waals surface area (Å²) in [6, 6.07) is 5.00. The van der Waals surface area contributed by atoms with Crippen LogP contribution in [0.25, 0.3) is 0 Å². The molecular formula is C13H11F3N2O3S2. The van der Waals surface area contributed by atoms with Gasteiger partial charge in [-0.05, 0) is 24.3 Å². The highest BCUT2D eigenvalue weighted by atomic mass is 32.2. The lowest BCUT2D eigenvalue weighted by molar-refractivity contribution is -0.137. The molecule has 0 aliphatic rings. The summed E-state index contributed by atoms with van der Waals surface area (Å²) in [4.78, 5) is 11.4. The smallest absolute Gasteiger partial charge is 0.354 e. The molecule has 0 aliphatic heterocycles. The second-order valence-corrected chi connectivity index (χ2v) is 7.00. The largest absolute Gasteiger partial charge is 0.416 e. The van der Waals surface area contributed by atoms with E-state index in [1.807, 2.05) is 0 Å². The van der Waals surface area contributed by atoms with Crippen LogP contribution in [0.2, 0.25) is 0 Å². The zero-order chi connectivity index (χ0) is 17.3. The molecule has 2 aromatic rings. The third-order valence-corrected chi connectivity index (χ3v) is 5.22. The van der Waals surface area contributed by atoms with Gasteiger partial charge in [0.15, 0.2) is 0 Å². The molecule has 0 radical (unpaired) electrons. The van der Waals surface area contributed by atoms with Gasteiger partial charge < -0.3 is 5.32 Å². The zero-order valence-corrected chi connectivity index (χ0v) is 13.3. The van der Waals surface area contributed by atoms with E-state index in [2.05, 4.69) is 10.0 Å². The van der Waals surface area contributed by atoms with E-state index in [9.17, 15) is 26.4 Å². The fourth-order valence-electron chi connectivity index (χ4n) is 1.68. The number of amides is 1. The molecule has 2 rings (SSSR count). The maximum atomic E-state index is 12.6. The number of halogens is 3. The average Bonchev–Trinajstić information content (AvgIpc) is 2.96. The number of thiophene rings is 1. The summed E-state index contributed by atoms with van der Waals surface area (Å²) in [5, 5.41) is 3.59. The number of carbonyl (C=O) groups excluding carboxylic acids is 1. The Bertz CT molecular complexity index is 829. The highest BCUT2D eigenvalue weighted by Crippen LogP contribution is 2.31. The SMILES string of the molecule is CNC(=O)c1cc(S(=O)(=O)Nc2cccc(C(F)(F)F)c2)cs1. The number of alkyl halides is 3. The molecule has 0 unspecified atom stereocenters. The van der Waals surface area contributed by atoms with Crippen molar-refractivity contribution >= 4 is 33.0 Å². The Morgan fingerprint density at radius 2 is 1.91 bits per heavy atom. The molecule has 124 valence electrons. The predicted molar refractivity (Wildman–Crippen MR) is 80.0 cm³/mol. The van der Waals surface area contributed by atoms with Gasteiger partial charge >= 0.3 is 6.18 Å². The van der Waals surface area contributed by atoms with Crippen molar-refractivity contribution in [2.45, 2.75) is 11.1 Å². The van der Waals surface area contributed by atoms with Crippen LogP contribution in [0.5, 0.6) is 0 Å². The minimum Gasteiger partial charge on any atom is -0.354 e. The molecule has 0 saturated heterocycles. The maximum absolute atomic E-state index is 12.6. The van der Waals surface area contributed by atoms with Crippen molar-refractivity contribution in [2.75, 3.05) is 11.8 Å². The Morgan fingerprint density at radius 1 is 1.22 bits per heavy atom. The minimum atomic E-state index is -4.57. The van der Waals surface area contributed by atoms with E-state index in [0.717, 1.165) is 29.5 Å². The summed E-state index contributed by atoms with van der Waals surface area (Å²) in [5.74, 6) is -0.449. The molecule has 0 saturated carbocycles. The first-order valence-corrected chi connectivity index (χ1v) is 8.50. The Kier molecular flexibility index (Phi) is 4.66. The second-order valence-electron chi connectivity index (χ2n) is 4.41. The van der Waals surface area contributed by atoms with Crippen LogP contribution in [0, 0.1) is 0 Å². The minimum absolute atomic E-state index is 0.178. The first kappa shape index (κ1) is 17.3. The summed E-state index contributed by atoms with van der Waals surface area (Å²) in [6.45, 7) is 0. The number of anilines is 1. The van der Waals surface area contributed by atoms with Crippen LogP contribution in [0.15, 0.2) is 40.6 Å². The molecule has 1 aromatic heterocycles. The van der Waals surface area contributed by atoms with E-state index < -0.39 is 27.7 Å². The van der Waals surface area contributed by atoms with Crippen molar-refractivity contribution in [3.05, 3.63) is 46.2 Å². The van der Waals surface area contributed by atoms with Gasteiger partial charge in [-0.25, -0.2) is 8.42 Å². The number of rotatable bonds is 4. The molecule has 5 nitrogen and oxygen atoms in total. The number of nitrogens with one attached hydrogen (secondary N) is 2. The summed E-state index contributed by atoms with van der Waals surface area (Å²) < 4.78 is 64.3. The molecule has 0 spiro atoms. The van der Waals surface area contributed by atoms with E-state index in [1.165, 1.54) is 18.5 Å². The summed E-state index contributed by atoms with van der Waals surface area (Å²) in [5.41, 5.74) is -1.18. The Balaban J connectivity index is 2.28. The predicted octanol–water partition coefficient (Wildman–Crippen LogP) is 2.93. The Hall–Kier alpha value is -2.07. The molecule has 0 fully saturated rings. The van der Waals surface area contributed by atoms with E-state index in [1.54, 1.807) is 0 Å². The number of hydrogen-bond donors (Lipinski definition) is 2. The zero-order valence-electron chi connectivity index (χ0n) is 11.6. The fraction of sp³-hybridized carbons (Fsp3) is 0.154. The van der Waals surface area contributed by atoms with E-state index in [0.29, 0.717) is 6.07 Å². The van der Waals surface area contributed by atoms with E-state index in [-0.39, 0.29) is 15.5 Å². The maximum Gasteiger partial charge on any atom is 0.416 e. The normalized spacial score (nSPS) is 12.0. The summed E-state index contributed by atoms with van der Waals surface area (Å²) in [7, 11) is -2.68. The molecule has 1 aromatic carbocycles. The lowest BCUT2D eigenvalue weighted by Crippen LogP contribution is -2.16. The molecular weight excluding hydrogens is 353 g/mol. The Morgan fingerprint density at radius 3 is 2.52 bits per heavy atom. The quantitative estimate of drug-likeness (QED) is 0.876. The van der Waals surface area contributed by atoms with Crippen LogP contribution < -0.4 is 10.0 Å². The highest BCUT2D eigenvalue weighted by molar-refractivity contribution is 7.92. The molecule has 10 heteroatoms. The van der Waals surface area contributed by atoms with Gasteiger partial charge in [0.1, 0.15) is 0 Å². The lowest BCUT2D eigenvalue weighted by atomic mass is 10.2. The summed E-state index contributed by atoms with van der Waals surface area (Å²) in [6.07, 6.45) is -4.57. The molecule has 0 aliphatic carbocycles. The van der Waals surface area contributed by atoms with Crippen molar-refractivity contribution in [3.63, 3.8) is 0 Å². The van der Waals surface area contributed by atoms with Gasteiger partial charge in [-0.2, -0.15) is 13.2 Å². The first-order chi connectivity index (χ1) is 10.6. The standard InChI is InChI=1S/C13H11F3N2O3S2/c1-17-12(19)11-6-10(7-22-11)23(20,21)18-9-4-2-3-8(5-9)13(14,15)16/h2-7,18H,1H3,(H,17,19). The highest BCUT2D eigenvalue weighted by Gasteiger charge is 2.30. The van der Waals surface area contributed by atoms with Gasteiger partial charge in [0.25, 0.3) is 15.9 Å². The number of benzene rings is 1. The van der Waals surface area contributed by atoms with Gasteiger partial charge in [0.2, 0.25) is 0 Å². The van der Waals surface area contributed by atoms with Crippen LogP contribution in [0.4, 0.5) is 18.9 Å². The average molecular weight is 364 g/mol. The molecule has 1 amide bonds. The van der Waals surface area contributed by atoms with Crippen LogP contribution >= 0.6 is 11.3 Å². The van der Waals surface area contributed by atoms with Crippen LogP contribution in [0.3, 0.4) is 0 Å². The van der Waals surface area contributed by atoms with Crippen LogP contribution in [-0.4, -0.2) is 21.4 Å². The third-order valence-electron chi connectivity index (χ3n) is 2.78. The van der Waals surface area contributed by atoms with Crippen molar-refractivity contribution in [1.29, 1.82) is 0 Å². The third kappa shape index (κ3) is 4.02. The van der Waals surface area contributed by atoms with Gasteiger partial charge in [0, 0.05) is 18.1 Å². The van der Waals surface area contributed by atoms with E-state index >= 15 is 0 Å². The van der Waals surface area contributed by atoms with Crippen molar-refractivity contribution in [3.8, 4) is 0 Å². The first-order valence-electron chi connectivity index (χ1n) is 6.14. The number of sulfonamides is 1. The second kappa shape index (κ2) is 6.20. The number of hydrogen-bond acceptors (Lipinski definition) is 4. The number of carbonyl (C=O) groups is 1. The lowest BCUT2D eigenvalue weighted by Gasteiger charge is -2.10. The topological polar surface area (TPSA) is 75.3 Å². The van der Waals surface area contributed by atoms with Crippen molar-refractivity contribution in [1.82, 2.24) is 5.32 Å². The van der Waals surface area contributed by atoms with Crippen molar-refractivity contribution in [2.24, 2.45) is 0 Å². The van der Waals surface area contributed by atoms with Gasteiger partial charge in [-0.1, -0.05) is 6.07 Å². The molecule has 0 bridgehead atoms. The van der Waals surface area contributed by atoms with Crippen LogP contribution in [-0.2, 0) is 16.2 Å². The van der Waals surface area contributed by atoms with Gasteiger partial charge in [-0.3, -0.25) is 9.52 Å². The molecule has 1 heterocycles. The molecule has 2 N–H and O–H groups in total. The fourth-order valence-corrected chi connectivity index (χ4v) is 3.94. The molecule has 23 heavy (non-hydrogen) atoms. The summed E-state index contributed by atoms with van der Waals surface area (Å²) >= 11 is 0.916. The monoisotopic (exact) mass is 364 g/mol. The van der Waals surface area contributed by atoms with Gasteiger partial charge in [-0.15, -0.1) is 11.3 Å².